The molecule has 4 nitrogen and oxygen atoms in total. The number of rotatable bonds is 6. The van der Waals surface area contributed by atoms with Gasteiger partial charge in [0.25, 0.3) is 0 Å². The molecule has 0 unspecified atom stereocenters. The molecule has 12 rings (SSSR count). The second-order valence-corrected chi connectivity index (χ2v) is 14.9. The average Bonchev–Trinajstić information content (AvgIpc) is 3.82. The van der Waals surface area contributed by atoms with Gasteiger partial charge in [-0.3, -0.25) is 0 Å². The first-order chi connectivity index (χ1) is 28.7. The van der Waals surface area contributed by atoms with Crippen LogP contribution in [0.25, 0.3) is 76.2 Å². The molecule has 58 heavy (non-hydrogen) atoms. The van der Waals surface area contributed by atoms with Gasteiger partial charge in [-0.1, -0.05) is 109 Å². The summed E-state index contributed by atoms with van der Waals surface area (Å²) in [5.41, 5.74) is 9.88. The second kappa shape index (κ2) is 12.9. The van der Waals surface area contributed by atoms with E-state index in [4.69, 9.17) is 8.83 Å². The first-order valence-electron chi connectivity index (χ1n) is 19.7. The molecule has 0 saturated heterocycles. The van der Waals surface area contributed by atoms with Gasteiger partial charge in [-0.15, -0.1) is 0 Å². The van der Waals surface area contributed by atoms with Crippen molar-refractivity contribution in [1.82, 2.24) is 0 Å². The van der Waals surface area contributed by atoms with Gasteiger partial charge in [-0.2, -0.15) is 0 Å². The fourth-order valence-corrected chi connectivity index (χ4v) is 8.86. The third-order valence-electron chi connectivity index (χ3n) is 11.5. The predicted molar refractivity (Wildman–Crippen MR) is 243 cm³/mol. The Morgan fingerprint density at radius 1 is 0.241 bits per heavy atom. The lowest BCUT2D eigenvalue weighted by molar-refractivity contribution is 0.668. The summed E-state index contributed by atoms with van der Waals surface area (Å²) in [6.07, 6.45) is 0. The molecule has 0 aliphatic heterocycles. The van der Waals surface area contributed by atoms with E-state index in [0.717, 1.165) is 88.8 Å². The second-order valence-electron chi connectivity index (χ2n) is 14.9. The summed E-state index contributed by atoms with van der Waals surface area (Å²) in [6.45, 7) is 0. The van der Waals surface area contributed by atoms with Crippen LogP contribution in [0.15, 0.2) is 215 Å². The van der Waals surface area contributed by atoms with Gasteiger partial charge in [-0.25, -0.2) is 0 Å². The van der Waals surface area contributed by atoms with Crippen molar-refractivity contribution in [3.05, 3.63) is 206 Å². The van der Waals surface area contributed by atoms with E-state index in [9.17, 15) is 0 Å². The number of fused-ring (bicyclic) bond motifs is 9. The zero-order valence-electron chi connectivity index (χ0n) is 31.3. The van der Waals surface area contributed by atoms with Crippen LogP contribution in [0.5, 0.6) is 0 Å². The molecular weight excluding hydrogens is 709 g/mol. The number of anilines is 6. The first-order valence-corrected chi connectivity index (χ1v) is 19.7. The van der Waals surface area contributed by atoms with Crippen LogP contribution in [0.1, 0.15) is 0 Å². The van der Waals surface area contributed by atoms with Gasteiger partial charge in [-0.05, 0) is 106 Å². The zero-order valence-corrected chi connectivity index (χ0v) is 31.3. The summed E-state index contributed by atoms with van der Waals surface area (Å²) in [6, 6.07) is 73.1. The molecule has 12 aromatic rings. The van der Waals surface area contributed by atoms with Gasteiger partial charge < -0.3 is 18.6 Å². The molecule has 4 heteroatoms. The van der Waals surface area contributed by atoms with Crippen molar-refractivity contribution in [2.75, 3.05) is 9.80 Å². The molecule has 272 valence electrons. The lowest BCUT2D eigenvalue weighted by Crippen LogP contribution is -2.10. The highest BCUT2D eigenvalue weighted by Gasteiger charge is 2.20. The Kier molecular flexibility index (Phi) is 7.20. The minimum Gasteiger partial charge on any atom is -0.456 e. The highest BCUT2D eigenvalue weighted by Crippen LogP contribution is 2.44. The van der Waals surface area contributed by atoms with Crippen molar-refractivity contribution < 1.29 is 8.83 Å². The minimum atomic E-state index is 0.847. The van der Waals surface area contributed by atoms with E-state index in [0.29, 0.717) is 0 Å². The Balaban J connectivity index is 0.973. The summed E-state index contributed by atoms with van der Waals surface area (Å²) in [7, 11) is 0. The maximum Gasteiger partial charge on any atom is 0.137 e. The van der Waals surface area contributed by atoms with Gasteiger partial charge in [0.15, 0.2) is 0 Å². The third-order valence-corrected chi connectivity index (χ3v) is 11.5. The molecule has 0 N–H and O–H groups in total. The van der Waals surface area contributed by atoms with E-state index in [1.165, 1.54) is 21.5 Å². The van der Waals surface area contributed by atoms with E-state index in [2.05, 4.69) is 216 Å². The molecule has 0 saturated carbocycles. The summed E-state index contributed by atoms with van der Waals surface area (Å²) < 4.78 is 13.4. The maximum atomic E-state index is 6.68. The lowest BCUT2D eigenvalue weighted by Gasteiger charge is -2.26. The van der Waals surface area contributed by atoms with Crippen LogP contribution in [0, 0.1) is 0 Å². The fraction of sp³-hybridized carbons (Fsp3) is 0. The smallest absolute Gasteiger partial charge is 0.137 e. The van der Waals surface area contributed by atoms with Crippen LogP contribution in [-0.4, -0.2) is 0 Å². The molecule has 2 heterocycles. The van der Waals surface area contributed by atoms with Crippen LogP contribution >= 0.6 is 0 Å². The molecule has 0 radical (unpaired) electrons. The monoisotopic (exact) mass is 742 g/mol. The Morgan fingerprint density at radius 2 is 0.638 bits per heavy atom. The van der Waals surface area contributed by atoms with Crippen molar-refractivity contribution in [2.24, 2.45) is 0 Å². The summed E-state index contributed by atoms with van der Waals surface area (Å²) in [4.78, 5) is 4.63. The largest absolute Gasteiger partial charge is 0.456 e. The van der Waals surface area contributed by atoms with Gasteiger partial charge in [0.2, 0.25) is 0 Å². The third kappa shape index (κ3) is 5.16. The van der Waals surface area contributed by atoms with Crippen LogP contribution < -0.4 is 9.80 Å². The van der Waals surface area contributed by atoms with Crippen molar-refractivity contribution in [1.29, 1.82) is 0 Å². The SMILES string of the molecule is c1ccc(N(c2ccc3c(c2)oc2cc4cc5oc6cc(N(c7ccccc7)c7cccc8ccccc78)ccc6c5cc4cc23)c2cccc3ccccc23)cc1. The Labute approximate surface area is 334 Å². The van der Waals surface area contributed by atoms with E-state index < -0.39 is 0 Å². The van der Waals surface area contributed by atoms with Crippen molar-refractivity contribution in [3.8, 4) is 0 Å². The van der Waals surface area contributed by atoms with Crippen LogP contribution in [0.2, 0.25) is 0 Å². The Bertz CT molecular complexity index is 3290. The van der Waals surface area contributed by atoms with Crippen LogP contribution in [-0.2, 0) is 0 Å². The topological polar surface area (TPSA) is 32.8 Å². The number of nitrogens with zero attached hydrogens (tertiary/aromatic N) is 2. The minimum absolute atomic E-state index is 0.847. The van der Waals surface area contributed by atoms with Gasteiger partial charge in [0.05, 0.1) is 11.4 Å². The number of furan rings is 2. The van der Waals surface area contributed by atoms with E-state index >= 15 is 0 Å². The molecule has 0 atom stereocenters. The summed E-state index contributed by atoms with van der Waals surface area (Å²) in [5.74, 6) is 0. The Morgan fingerprint density at radius 3 is 1.12 bits per heavy atom. The molecule has 0 fully saturated rings. The first kappa shape index (κ1) is 32.4. The molecule has 2 aromatic heterocycles. The number of para-hydroxylation sites is 2. The molecule has 10 aromatic carbocycles. The van der Waals surface area contributed by atoms with Gasteiger partial charge in [0.1, 0.15) is 22.3 Å². The summed E-state index contributed by atoms with van der Waals surface area (Å²) in [5, 5.41) is 11.3. The predicted octanol–water partition coefficient (Wildman–Crippen LogP) is 15.9. The number of hydrogen-bond donors (Lipinski definition) is 0. The lowest BCUT2D eigenvalue weighted by atomic mass is 10.0. The number of benzene rings is 10. The molecule has 0 spiro atoms. The quantitative estimate of drug-likeness (QED) is 0.170. The van der Waals surface area contributed by atoms with Crippen molar-refractivity contribution >= 4 is 110 Å². The van der Waals surface area contributed by atoms with E-state index in [1.807, 2.05) is 0 Å². The molecule has 0 bridgehead atoms. The van der Waals surface area contributed by atoms with E-state index in [1.54, 1.807) is 0 Å². The van der Waals surface area contributed by atoms with Crippen LogP contribution in [0.4, 0.5) is 34.1 Å². The van der Waals surface area contributed by atoms with Crippen molar-refractivity contribution in [3.63, 3.8) is 0 Å². The van der Waals surface area contributed by atoms with E-state index in [-0.39, 0.29) is 0 Å². The zero-order chi connectivity index (χ0) is 38.2. The fourth-order valence-electron chi connectivity index (χ4n) is 8.86. The highest BCUT2D eigenvalue weighted by molar-refractivity contribution is 6.16. The molecular formula is C54H34N2O2. The molecule has 0 aliphatic carbocycles. The Hall–Kier alpha value is -7.82. The van der Waals surface area contributed by atoms with Gasteiger partial charge in [0, 0.05) is 67.2 Å². The standard InChI is InChI=1S/C54H34N2O2/c1-3-17-39(18-4-1)55(49-23-11-15-35-13-7-9-21-43(35)49)41-25-27-45-47-29-37-30-48-46-28-26-42(34-54(46)58-52(48)32-38(37)31-51(47)57-53(45)33-41)56(40-19-5-2-6-20-40)50-24-12-16-36-14-8-10-22-44(36)50/h1-34H. The average molecular weight is 743 g/mol. The normalized spacial score (nSPS) is 11.8. The maximum absolute atomic E-state index is 6.68. The summed E-state index contributed by atoms with van der Waals surface area (Å²) >= 11 is 0. The van der Waals surface area contributed by atoms with Crippen molar-refractivity contribution in [2.45, 2.75) is 0 Å². The highest BCUT2D eigenvalue weighted by atomic mass is 16.3. The molecule has 0 amide bonds. The van der Waals surface area contributed by atoms with Crippen LogP contribution in [0.3, 0.4) is 0 Å². The number of hydrogen-bond acceptors (Lipinski definition) is 4. The molecule has 0 aliphatic rings. The van der Waals surface area contributed by atoms with Gasteiger partial charge >= 0.3 is 0 Å².